The first kappa shape index (κ1) is 19.0. The van der Waals surface area contributed by atoms with Gasteiger partial charge in [-0.2, -0.15) is 0 Å². The van der Waals surface area contributed by atoms with Crippen molar-refractivity contribution in [2.24, 2.45) is 0 Å². The number of anilines is 2. The lowest BCUT2D eigenvalue weighted by Gasteiger charge is -2.36. The maximum Gasteiger partial charge on any atom is 0.410 e. The molecule has 2 atom stereocenters. The average molecular weight is 409 g/mol. The molecule has 1 aromatic carbocycles. The highest BCUT2D eigenvalue weighted by molar-refractivity contribution is 5.70. The molecule has 2 N–H and O–H groups in total. The summed E-state index contributed by atoms with van der Waals surface area (Å²) < 4.78 is 11.3. The molecule has 3 heterocycles. The summed E-state index contributed by atoms with van der Waals surface area (Å²) in [6, 6.07) is 7.98. The molecule has 1 aliphatic carbocycles. The zero-order valence-electron chi connectivity index (χ0n) is 17.4. The van der Waals surface area contributed by atoms with Crippen molar-refractivity contribution in [2.45, 2.75) is 44.2 Å². The predicted octanol–water partition coefficient (Wildman–Crippen LogP) is 2.78. The summed E-state index contributed by atoms with van der Waals surface area (Å²) in [6.07, 6.45) is 3.56. The molecule has 2 saturated heterocycles. The molecule has 2 aliphatic heterocycles. The largest absolute Gasteiger partial charge is 0.488 e. The number of fused-ring (bicyclic) bond motifs is 1. The van der Waals surface area contributed by atoms with Crippen LogP contribution in [0.5, 0.6) is 5.75 Å². The number of carbonyl (C=O) groups excluding carboxylic acids is 1. The van der Waals surface area contributed by atoms with Gasteiger partial charge in [0, 0.05) is 37.3 Å². The first-order chi connectivity index (χ1) is 14.4. The van der Waals surface area contributed by atoms with E-state index in [0.717, 1.165) is 47.9 Å². The van der Waals surface area contributed by atoms with E-state index in [4.69, 9.17) is 15.2 Å². The van der Waals surface area contributed by atoms with Gasteiger partial charge in [0.05, 0.1) is 11.7 Å². The highest BCUT2D eigenvalue weighted by Gasteiger charge is 2.40. The van der Waals surface area contributed by atoms with Gasteiger partial charge in [-0.15, -0.1) is 0 Å². The third-order valence-electron chi connectivity index (χ3n) is 6.40. The Labute approximate surface area is 176 Å². The Balaban J connectivity index is 1.36. The van der Waals surface area contributed by atoms with Crippen LogP contribution < -0.4 is 15.4 Å². The van der Waals surface area contributed by atoms with Crippen LogP contribution in [0, 0.1) is 0 Å². The van der Waals surface area contributed by atoms with Crippen molar-refractivity contribution in [1.82, 2.24) is 14.9 Å². The molecule has 0 bridgehead atoms. The molecule has 3 fully saturated rings. The monoisotopic (exact) mass is 409 g/mol. The summed E-state index contributed by atoms with van der Waals surface area (Å²) in [5.74, 6) is 1.71. The van der Waals surface area contributed by atoms with E-state index in [-0.39, 0.29) is 23.7 Å². The number of ether oxygens (including phenoxy) is 2. The van der Waals surface area contributed by atoms with E-state index >= 15 is 0 Å². The number of amides is 1. The minimum Gasteiger partial charge on any atom is -0.488 e. The Morgan fingerprint density at radius 1 is 1.27 bits per heavy atom. The fourth-order valence-corrected chi connectivity index (χ4v) is 4.18. The van der Waals surface area contributed by atoms with Crippen LogP contribution in [0.4, 0.5) is 16.3 Å². The van der Waals surface area contributed by atoms with E-state index in [1.54, 1.807) is 11.2 Å². The standard InChI is InChI=1S/C22H27N5O3/c1-14(17-9-16(3-4-18(17)23)30-22(2)5-6-22)19-10-20(25-13-24-19)26-7-8-27-15(11-26)12-29-21(27)28/h3-4,9-10,13-15H,5-8,11-12,23H2,1-2H3. The van der Waals surface area contributed by atoms with E-state index in [1.807, 2.05) is 24.3 Å². The topological polar surface area (TPSA) is 93.8 Å². The van der Waals surface area contributed by atoms with Crippen molar-refractivity contribution < 1.29 is 14.3 Å². The maximum atomic E-state index is 11.7. The van der Waals surface area contributed by atoms with Crippen LogP contribution in [0.25, 0.3) is 0 Å². The van der Waals surface area contributed by atoms with Crippen LogP contribution in [0.3, 0.4) is 0 Å². The number of nitrogen functional groups attached to an aromatic ring is 1. The number of cyclic esters (lactones) is 1. The van der Waals surface area contributed by atoms with Crippen LogP contribution in [-0.2, 0) is 4.74 Å². The number of aromatic nitrogens is 2. The summed E-state index contributed by atoms with van der Waals surface area (Å²) in [7, 11) is 0. The molecule has 0 radical (unpaired) electrons. The Bertz CT molecular complexity index is 977. The molecule has 5 rings (SSSR count). The fourth-order valence-electron chi connectivity index (χ4n) is 4.18. The second-order valence-corrected chi connectivity index (χ2v) is 8.74. The molecule has 1 aromatic heterocycles. The van der Waals surface area contributed by atoms with E-state index in [2.05, 4.69) is 28.7 Å². The van der Waals surface area contributed by atoms with Gasteiger partial charge in [-0.05, 0) is 43.5 Å². The van der Waals surface area contributed by atoms with Gasteiger partial charge < -0.3 is 20.1 Å². The number of rotatable bonds is 5. The van der Waals surface area contributed by atoms with Crippen LogP contribution >= 0.6 is 0 Å². The maximum absolute atomic E-state index is 11.7. The number of hydrogen-bond acceptors (Lipinski definition) is 7. The molecule has 8 heteroatoms. The van der Waals surface area contributed by atoms with Crippen molar-refractivity contribution in [3.05, 3.63) is 41.9 Å². The van der Waals surface area contributed by atoms with Crippen molar-refractivity contribution in [3.8, 4) is 5.75 Å². The van der Waals surface area contributed by atoms with Crippen molar-refractivity contribution in [2.75, 3.05) is 36.9 Å². The average Bonchev–Trinajstić information content (AvgIpc) is 3.37. The van der Waals surface area contributed by atoms with Crippen LogP contribution in [-0.4, -0.2) is 58.8 Å². The first-order valence-electron chi connectivity index (χ1n) is 10.5. The molecule has 2 aromatic rings. The molecule has 158 valence electrons. The highest BCUT2D eigenvalue weighted by atomic mass is 16.6. The SMILES string of the molecule is CC(c1cc(N2CCN3C(=O)OCC3C2)ncn1)c1cc(OC2(C)CC2)ccc1N. The Morgan fingerprint density at radius 2 is 2.10 bits per heavy atom. The zero-order valence-corrected chi connectivity index (χ0v) is 17.4. The molecular weight excluding hydrogens is 382 g/mol. The Kier molecular flexibility index (Phi) is 4.45. The van der Waals surface area contributed by atoms with Gasteiger partial charge in [-0.25, -0.2) is 14.8 Å². The molecule has 1 saturated carbocycles. The van der Waals surface area contributed by atoms with Crippen molar-refractivity contribution in [3.63, 3.8) is 0 Å². The van der Waals surface area contributed by atoms with Gasteiger partial charge >= 0.3 is 6.09 Å². The summed E-state index contributed by atoms with van der Waals surface area (Å²) in [5.41, 5.74) is 8.90. The Hall–Kier alpha value is -3.03. The second kappa shape index (κ2) is 7.04. The van der Waals surface area contributed by atoms with Gasteiger partial charge in [-0.3, -0.25) is 4.90 Å². The quantitative estimate of drug-likeness (QED) is 0.759. The number of benzene rings is 1. The minimum absolute atomic E-state index is 0.00000937. The van der Waals surface area contributed by atoms with E-state index < -0.39 is 0 Å². The van der Waals surface area contributed by atoms with Gasteiger partial charge in [0.2, 0.25) is 0 Å². The molecule has 8 nitrogen and oxygen atoms in total. The number of nitrogens with two attached hydrogens (primary N) is 1. The van der Waals surface area contributed by atoms with E-state index in [1.165, 1.54) is 0 Å². The van der Waals surface area contributed by atoms with Gasteiger partial charge in [0.1, 0.15) is 30.1 Å². The molecule has 2 unspecified atom stereocenters. The van der Waals surface area contributed by atoms with Crippen LogP contribution in [0.15, 0.2) is 30.6 Å². The molecular formula is C22H27N5O3. The third-order valence-corrected chi connectivity index (χ3v) is 6.40. The number of hydrogen-bond donors (Lipinski definition) is 1. The zero-order chi connectivity index (χ0) is 20.9. The van der Waals surface area contributed by atoms with Crippen LogP contribution in [0.2, 0.25) is 0 Å². The normalized spacial score (nSPS) is 23.0. The molecule has 1 amide bonds. The number of piperazine rings is 1. The summed E-state index contributed by atoms with van der Waals surface area (Å²) in [4.78, 5) is 24.7. The highest BCUT2D eigenvalue weighted by Crippen LogP contribution is 2.41. The number of carbonyl (C=O) groups is 1. The number of nitrogens with zero attached hydrogens (tertiary/aromatic N) is 4. The van der Waals surface area contributed by atoms with Crippen molar-refractivity contribution in [1.29, 1.82) is 0 Å². The second-order valence-electron chi connectivity index (χ2n) is 8.74. The third kappa shape index (κ3) is 3.51. The summed E-state index contributed by atoms with van der Waals surface area (Å²) in [5, 5.41) is 0. The summed E-state index contributed by atoms with van der Waals surface area (Å²) in [6.45, 7) is 6.74. The Morgan fingerprint density at radius 3 is 2.90 bits per heavy atom. The van der Waals surface area contributed by atoms with E-state index in [0.29, 0.717) is 19.7 Å². The lowest BCUT2D eigenvalue weighted by Crippen LogP contribution is -2.52. The van der Waals surface area contributed by atoms with Gasteiger partial charge in [0.25, 0.3) is 0 Å². The molecule has 30 heavy (non-hydrogen) atoms. The first-order valence-corrected chi connectivity index (χ1v) is 10.5. The van der Waals surface area contributed by atoms with Gasteiger partial charge in [0.15, 0.2) is 0 Å². The molecule has 3 aliphatic rings. The minimum atomic E-state index is -0.214. The van der Waals surface area contributed by atoms with Crippen molar-refractivity contribution >= 4 is 17.6 Å². The summed E-state index contributed by atoms with van der Waals surface area (Å²) >= 11 is 0. The lowest BCUT2D eigenvalue weighted by molar-refractivity contribution is 0.157. The predicted molar refractivity (Wildman–Crippen MR) is 113 cm³/mol. The van der Waals surface area contributed by atoms with E-state index in [9.17, 15) is 4.79 Å². The smallest absolute Gasteiger partial charge is 0.410 e. The fraction of sp³-hybridized carbons (Fsp3) is 0.500. The van der Waals surface area contributed by atoms with Crippen LogP contribution in [0.1, 0.15) is 43.9 Å². The lowest BCUT2D eigenvalue weighted by atomic mass is 9.95. The van der Waals surface area contributed by atoms with Gasteiger partial charge in [-0.1, -0.05) is 6.92 Å². The molecule has 0 spiro atoms.